The van der Waals surface area contributed by atoms with Crippen LogP contribution in [0.2, 0.25) is 0 Å². The van der Waals surface area contributed by atoms with Crippen LogP contribution in [0.25, 0.3) is 0 Å². The molecule has 5 heteroatoms. The van der Waals surface area contributed by atoms with Crippen LogP contribution >= 0.6 is 0 Å². The molecule has 1 aromatic carbocycles. The fourth-order valence-electron chi connectivity index (χ4n) is 3.19. The number of rotatable bonds is 2. The van der Waals surface area contributed by atoms with Crippen molar-refractivity contribution in [2.75, 3.05) is 20.2 Å². The molecule has 2 unspecified atom stereocenters. The monoisotopic (exact) mass is 278 g/mol. The lowest BCUT2D eigenvalue weighted by atomic mass is 9.94. The number of piperidine rings is 1. The summed E-state index contributed by atoms with van der Waals surface area (Å²) >= 11 is 0. The number of hydrogen-bond donors (Lipinski definition) is 1. The number of fused-ring (bicyclic) bond motifs is 2. The molecule has 0 aliphatic carbocycles. The second kappa shape index (κ2) is 5.40. The van der Waals surface area contributed by atoms with Crippen LogP contribution in [0.3, 0.4) is 0 Å². The summed E-state index contributed by atoms with van der Waals surface area (Å²) in [4.78, 5) is 14.4. The molecule has 0 radical (unpaired) electrons. The van der Waals surface area contributed by atoms with E-state index in [-0.39, 0.29) is 5.91 Å². The Bertz CT molecular complexity index is 509. The Labute approximate surface area is 117 Å². The minimum absolute atomic E-state index is 0.139. The molecule has 2 saturated heterocycles. The van der Waals surface area contributed by atoms with Gasteiger partial charge in [0.05, 0.1) is 12.7 Å². The lowest BCUT2D eigenvalue weighted by Crippen LogP contribution is -2.59. The van der Waals surface area contributed by atoms with Crippen LogP contribution in [-0.4, -0.2) is 43.1 Å². The molecule has 3 rings (SSSR count). The topological polar surface area (TPSA) is 41.6 Å². The van der Waals surface area contributed by atoms with Crippen molar-refractivity contribution in [2.45, 2.75) is 31.3 Å². The molecular formula is C15H19FN2O2. The Morgan fingerprint density at radius 3 is 2.70 bits per heavy atom. The zero-order valence-corrected chi connectivity index (χ0v) is 11.6. The summed E-state index contributed by atoms with van der Waals surface area (Å²) < 4.78 is 18.6. The highest BCUT2D eigenvalue weighted by molar-refractivity contribution is 5.97. The zero-order valence-electron chi connectivity index (χ0n) is 11.6. The fourth-order valence-corrected chi connectivity index (χ4v) is 3.19. The molecule has 2 atom stereocenters. The van der Waals surface area contributed by atoms with E-state index in [0.717, 1.165) is 12.8 Å². The predicted octanol–water partition coefficient (Wildman–Crippen LogP) is 1.80. The van der Waals surface area contributed by atoms with Gasteiger partial charge in [0, 0.05) is 25.2 Å². The van der Waals surface area contributed by atoms with Crippen LogP contribution in [0.5, 0.6) is 5.75 Å². The summed E-state index contributed by atoms with van der Waals surface area (Å²) in [5.74, 6) is -0.121. The maximum atomic E-state index is 13.4. The molecule has 2 bridgehead atoms. The Kier molecular flexibility index (Phi) is 3.61. The summed E-state index contributed by atoms with van der Waals surface area (Å²) in [5.41, 5.74) is 0.312. The van der Waals surface area contributed by atoms with Gasteiger partial charge < -0.3 is 15.0 Å². The summed E-state index contributed by atoms with van der Waals surface area (Å²) in [6.45, 7) is 1.38. The molecule has 4 nitrogen and oxygen atoms in total. The molecule has 20 heavy (non-hydrogen) atoms. The number of nitrogens with zero attached hydrogens (tertiary/aromatic N) is 1. The van der Waals surface area contributed by atoms with Gasteiger partial charge in [-0.1, -0.05) is 6.42 Å². The van der Waals surface area contributed by atoms with Gasteiger partial charge in [0.15, 0.2) is 0 Å². The van der Waals surface area contributed by atoms with Gasteiger partial charge >= 0.3 is 0 Å². The van der Waals surface area contributed by atoms with Gasteiger partial charge in [-0.25, -0.2) is 4.39 Å². The number of piperazine rings is 1. The summed E-state index contributed by atoms with van der Waals surface area (Å²) in [6, 6.07) is 4.81. The number of amides is 1. The normalized spacial score (nSPS) is 25.4. The number of hydrogen-bond acceptors (Lipinski definition) is 3. The van der Waals surface area contributed by atoms with Crippen molar-refractivity contribution in [3.63, 3.8) is 0 Å². The molecule has 2 fully saturated rings. The lowest BCUT2D eigenvalue weighted by Gasteiger charge is -2.42. The smallest absolute Gasteiger partial charge is 0.257 e. The number of likely N-dealkylation sites (tertiary alicyclic amines) is 1. The molecule has 2 heterocycles. The first kappa shape index (κ1) is 13.4. The maximum absolute atomic E-state index is 13.4. The number of nitrogens with one attached hydrogen (secondary N) is 1. The molecule has 1 aromatic rings. The van der Waals surface area contributed by atoms with E-state index in [1.165, 1.54) is 31.7 Å². The van der Waals surface area contributed by atoms with Gasteiger partial charge in [0.25, 0.3) is 5.91 Å². The van der Waals surface area contributed by atoms with E-state index in [9.17, 15) is 9.18 Å². The Balaban J connectivity index is 1.83. The molecule has 1 amide bonds. The number of carbonyl (C=O) groups is 1. The van der Waals surface area contributed by atoms with Crippen molar-refractivity contribution < 1.29 is 13.9 Å². The standard InChI is InChI=1S/C15H19FN2O2/c1-20-14-6-5-10(16)7-13(14)15(19)18-8-11-3-2-4-12(9-18)17-11/h5-7,11-12,17H,2-4,8-9H2,1H3. The average molecular weight is 278 g/mol. The SMILES string of the molecule is COc1ccc(F)cc1C(=O)N1CC2CCCC(C1)N2. The van der Waals surface area contributed by atoms with Crippen LogP contribution in [0, 0.1) is 5.82 Å². The van der Waals surface area contributed by atoms with Crippen molar-refractivity contribution in [2.24, 2.45) is 0 Å². The van der Waals surface area contributed by atoms with Crippen molar-refractivity contribution >= 4 is 5.91 Å². The lowest BCUT2D eigenvalue weighted by molar-refractivity contribution is 0.0604. The Morgan fingerprint density at radius 2 is 2.05 bits per heavy atom. The van der Waals surface area contributed by atoms with E-state index >= 15 is 0 Å². The molecule has 1 N–H and O–H groups in total. The first-order valence-corrected chi connectivity index (χ1v) is 7.06. The quantitative estimate of drug-likeness (QED) is 0.897. The summed E-state index contributed by atoms with van der Waals surface area (Å²) in [7, 11) is 1.50. The van der Waals surface area contributed by atoms with Gasteiger partial charge in [0.2, 0.25) is 0 Å². The van der Waals surface area contributed by atoms with Gasteiger partial charge in [-0.3, -0.25) is 4.79 Å². The van der Waals surface area contributed by atoms with Crippen LogP contribution in [0.4, 0.5) is 4.39 Å². The van der Waals surface area contributed by atoms with E-state index in [0.29, 0.717) is 36.5 Å². The van der Waals surface area contributed by atoms with Crippen LogP contribution in [0.15, 0.2) is 18.2 Å². The van der Waals surface area contributed by atoms with Gasteiger partial charge in [-0.2, -0.15) is 0 Å². The minimum Gasteiger partial charge on any atom is -0.496 e. The highest BCUT2D eigenvalue weighted by atomic mass is 19.1. The van der Waals surface area contributed by atoms with Crippen molar-refractivity contribution in [1.29, 1.82) is 0 Å². The molecule has 2 aliphatic heterocycles. The predicted molar refractivity (Wildman–Crippen MR) is 73.4 cm³/mol. The van der Waals surface area contributed by atoms with Crippen molar-refractivity contribution in [3.8, 4) is 5.75 Å². The number of halogens is 1. The number of carbonyl (C=O) groups excluding carboxylic acids is 1. The van der Waals surface area contributed by atoms with Gasteiger partial charge in [-0.15, -0.1) is 0 Å². The molecule has 0 aromatic heterocycles. The first-order chi connectivity index (χ1) is 9.67. The molecule has 0 spiro atoms. The highest BCUT2D eigenvalue weighted by Gasteiger charge is 2.33. The maximum Gasteiger partial charge on any atom is 0.257 e. The first-order valence-electron chi connectivity index (χ1n) is 7.06. The fraction of sp³-hybridized carbons (Fsp3) is 0.533. The molecule has 108 valence electrons. The van der Waals surface area contributed by atoms with Crippen LogP contribution in [-0.2, 0) is 0 Å². The van der Waals surface area contributed by atoms with E-state index in [1.54, 1.807) is 0 Å². The molecule has 0 saturated carbocycles. The van der Waals surface area contributed by atoms with E-state index in [2.05, 4.69) is 5.32 Å². The zero-order chi connectivity index (χ0) is 14.1. The summed E-state index contributed by atoms with van der Waals surface area (Å²) in [5, 5.41) is 3.53. The van der Waals surface area contributed by atoms with Crippen molar-refractivity contribution in [1.82, 2.24) is 10.2 Å². The number of ether oxygens (including phenoxy) is 1. The second-order valence-electron chi connectivity index (χ2n) is 5.55. The third-order valence-electron chi connectivity index (χ3n) is 4.14. The van der Waals surface area contributed by atoms with E-state index in [1.807, 2.05) is 4.90 Å². The third kappa shape index (κ3) is 2.50. The largest absolute Gasteiger partial charge is 0.496 e. The van der Waals surface area contributed by atoms with Crippen molar-refractivity contribution in [3.05, 3.63) is 29.6 Å². The van der Waals surface area contributed by atoms with Gasteiger partial charge in [0.1, 0.15) is 11.6 Å². The minimum atomic E-state index is -0.413. The third-order valence-corrected chi connectivity index (χ3v) is 4.14. The highest BCUT2D eigenvalue weighted by Crippen LogP contribution is 2.25. The van der Waals surface area contributed by atoms with Crippen LogP contribution in [0.1, 0.15) is 29.6 Å². The second-order valence-corrected chi connectivity index (χ2v) is 5.55. The van der Waals surface area contributed by atoms with E-state index < -0.39 is 5.82 Å². The number of methoxy groups -OCH3 is 1. The van der Waals surface area contributed by atoms with E-state index in [4.69, 9.17) is 4.74 Å². The summed E-state index contributed by atoms with van der Waals surface area (Å²) in [6.07, 6.45) is 3.41. The Hall–Kier alpha value is -1.62. The molecule has 2 aliphatic rings. The van der Waals surface area contributed by atoms with Crippen LogP contribution < -0.4 is 10.1 Å². The average Bonchev–Trinajstić information content (AvgIpc) is 2.46. The van der Waals surface area contributed by atoms with Gasteiger partial charge in [-0.05, 0) is 31.0 Å². The Morgan fingerprint density at radius 1 is 1.35 bits per heavy atom. The number of benzene rings is 1. The molecular weight excluding hydrogens is 259 g/mol.